The Morgan fingerprint density at radius 3 is 2.96 bits per heavy atom. The molecule has 1 aromatic carbocycles. The quantitative estimate of drug-likeness (QED) is 0.679. The summed E-state index contributed by atoms with van der Waals surface area (Å²) in [6.45, 7) is 3.21. The van der Waals surface area contributed by atoms with Crippen molar-refractivity contribution in [3.63, 3.8) is 0 Å². The first-order valence-electron chi connectivity index (χ1n) is 8.51. The Morgan fingerprint density at radius 2 is 2.31 bits per heavy atom. The molecule has 0 spiro atoms. The largest absolute Gasteiger partial charge is 0.376 e. The molecule has 1 fully saturated rings. The number of hydrogen-bond acceptors (Lipinski definition) is 5. The van der Waals surface area contributed by atoms with Crippen LogP contribution in [0.15, 0.2) is 24.4 Å². The van der Waals surface area contributed by atoms with Crippen LogP contribution >= 0.6 is 22.9 Å². The highest BCUT2D eigenvalue weighted by Crippen LogP contribution is 2.36. The maximum atomic E-state index is 13.2. The summed E-state index contributed by atoms with van der Waals surface area (Å²) in [7, 11) is 1.76. The number of thiazole rings is 1. The Morgan fingerprint density at radius 1 is 1.46 bits per heavy atom. The first kappa shape index (κ1) is 17.5. The van der Waals surface area contributed by atoms with Crippen LogP contribution < -0.4 is 4.90 Å². The van der Waals surface area contributed by atoms with Gasteiger partial charge in [0, 0.05) is 19.9 Å². The van der Waals surface area contributed by atoms with Gasteiger partial charge in [-0.15, -0.1) is 0 Å². The van der Waals surface area contributed by atoms with Crippen LogP contribution in [0.3, 0.4) is 0 Å². The lowest BCUT2D eigenvalue weighted by atomic mass is 10.2. The summed E-state index contributed by atoms with van der Waals surface area (Å²) in [5.74, 6) is -0.131. The number of aromatic nitrogens is 3. The van der Waals surface area contributed by atoms with E-state index >= 15 is 0 Å². The Balaban J connectivity index is 1.77. The summed E-state index contributed by atoms with van der Waals surface area (Å²) in [5, 5.41) is 5.41. The number of rotatable bonds is 4. The molecule has 6 nitrogen and oxygen atoms in total. The molecule has 3 heterocycles. The molecule has 1 aliphatic rings. The number of hydrogen-bond donors (Lipinski definition) is 0. The number of carbonyl (C=O) groups is 1. The lowest BCUT2D eigenvalue weighted by molar-refractivity contribution is 0.0909. The van der Waals surface area contributed by atoms with E-state index in [1.807, 2.05) is 19.1 Å². The van der Waals surface area contributed by atoms with Crippen molar-refractivity contribution in [3.8, 4) is 0 Å². The van der Waals surface area contributed by atoms with Crippen LogP contribution in [-0.4, -0.2) is 39.9 Å². The van der Waals surface area contributed by atoms with E-state index < -0.39 is 0 Å². The van der Waals surface area contributed by atoms with E-state index in [1.54, 1.807) is 28.9 Å². The van der Waals surface area contributed by atoms with Crippen molar-refractivity contribution in [2.24, 2.45) is 7.05 Å². The van der Waals surface area contributed by atoms with Crippen molar-refractivity contribution < 1.29 is 9.53 Å². The minimum atomic E-state index is -0.131. The van der Waals surface area contributed by atoms with E-state index in [9.17, 15) is 4.79 Å². The molecule has 1 saturated heterocycles. The number of ether oxygens (including phenoxy) is 1. The third kappa shape index (κ3) is 3.11. The van der Waals surface area contributed by atoms with Crippen LogP contribution in [0.25, 0.3) is 10.2 Å². The summed E-state index contributed by atoms with van der Waals surface area (Å²) >= 11 is 7.79. The van der Waals surface area contributed by atoms with Crippen LogP contribution in [-0.2, 0) is 11.8 Å². The molecule has 1 atom stereocenters. The number of aryl methyl sites for hydroxylation is 2. The van der Waals surface area contributed by atoms with Gasteiger partial charge in [0.2, 0.25) is 0 Å². The Hall–Kier alpha value is -1.96. The number of fused-ring (bicyclic) bond motifs is 1. The molecule has 1 unspecified atom stereocenters. The van der Waals surface area contributed by atoms with Crippen LogP contribution in [0.5, 0.6) is 0 Å². The molecule has 1 amide bonds. The van der Waals surface area contributed by atoms with Crippen LogP contribution in [0.4, 0.5) is 5.13 Å². The van der Waals surface area contributed by atoms with Gasteiger partial charge in [-0.25, -0.2) is 4.98 Å². The smallest absolute Gasteiger partial charge is 0.278 e. The molecular weight excluding hydrogens is 372 g/mol. The van der Waals surface area contributed by atoms with E-state index in [4.69, 9.17) is 21.3 Å². The molecule has 26 heavy (non-hydrogen) atoms. The van der Waals surface area contributed by atoms with E-state index in [1.165, 1.54) is 11.3 Å². The van der Waals surface area contributed by atoms with Gasteiger partial charge in [-0.05, 0) is 37.5 Å². The van der Waals surface area contributed by atoms with Crippen LogP contribution in [0.1, 0.15) is 28.9 Å². The topological polar surface area (TPSA) is 60.2 Å². The van der Waals surface area contributed by atoms with E-state index in [0.717, 1.165) is 35.2 Å². The standard InChI is InChI=1S/C18H19ClN4O2S/c1-11-5-6-13(19)16-15(11)21-18(26-16)23(10-12-4-3-9-25-12)17(24)14-7-8-20-22(14)2/h5-8,12H,3-4,9-10H2,1-2H3. The zero-order valence-corrected chi connectivity index (χ0v) is 16.2. The maximum Gasteiger partial charge on any atom is 0.278 e. The molecular formula is C18H19ClN4O2S. The van der Waals surface area contributed by atoms with Gasteiger partial charge in [-0.2, -0.15) is 5.10 Å². The second kappa shape index (κ2) is 6.98. The summed E-state index contributed by atoms with van der Waals surface area (Å²) in [6, 6.07) is 5.53. The van der Waals surface area contributed by atoms with Gasteiger partial charge in [0.1, 0.15) is 5.69 Å². The van der Waals surface area contributed by atoms with Crippen molar-refractivity contribution in [2.45, 2.75) is 25.9 Å². The van der Waals surface area contributed by atoms with Gasteiger partial charge in [-0.1, -0.05) is 29.0 Å². The van der Waals surface area contributed by atoms with Gasteiger partial charge >= 0.3 is 0 Å². The molecule has 8 heteroatoms. The van der Waals surface area contributed by atoms with Crippen LogP contribution in [0, 0.1) is 6.92 Å². The minimum absolute atomic E-state index is 0.0239. The zero-order chi connectivity index (χ0) is 18.3. The molecule has 0 saturated carbocycles. The third-order valence-electron chi connectivity index (χ3n) is 4.61. The summed E-state index contributed by atoms with van der Waals surface area (Å²) in [5.41, 5.74) is 2.40. The molecule has 3 aromatic rings. The molecule has 2 aromatic heterocycles. The number of amides is 1. The summed E-state index contributed by atoms with van der Waals surface area (Å²) in [4.78, 5) is 19.6. The molecule has 0 bridgehead atoms. The van der Waals surface area contributed by atoms with Gasteiger partial charge in [0.05, 0.1) is 27.9 Å². The fourth-order valence-corrected chi connectivity index (χ4v) is 4.49. The zero-order valence-electron chi connectivity index (χ0n) is 14.6. The van der Waals surface area contributed by atoms with Crippen molar-refractivity contribution in [1.82, 2.24) is 14.8 Å². The highest BCUT2D eigenvalue weighted by molar-refractivity contribution is 7.23. The average Bonchev–Trinajstić information content (AvgIpc) is 3.36. The van der Waals surface area contributed by atoms with Gasteiger partial charge in [0.25, 0.3) is 5.91 Å². The van der Waals surface area contributed by atoms with Gasteiger partial charge < -0.3 is 4.74 Å². The normalized spacial score (nSPS) is 17.1. The third-order valence-corrected chi connectivity index (χ3v) is 6.15. The van der Waals surface area contributed by atoms with Crippen molar-refractivity contribution in [2.75, 3.05) is 18.1 Å². The lowest BCUT2D eigenvalue weighted by Gasteiger charge is -2.23. The SMILES string of the molecule is Cc1ccc(Cl)c2sc(N(CC3CCCO3)C(=O)c3ccnn3C)nc12. The second-order valence-corrected chi connectivity index (χ2v) is 7.81. The first-order valence-corrected chi connectivity index (χ1v) is 9.71. The summed E-state index contributed by atoms with van der Waals surface area (Å²) < 4.78 is 8.24. The first-order chi connectivity index (χ1) is 12.5. The molecule has 1 aliphatic heterocycles. The number of carbonyl (C=O) groups excluding carboxylic acids is 1. The van der Waals surface area contributed by atoms with Crippen molar-refractivity contribution in [3.05, 3.63) is 40.7 Å². The highest BCUT2D eigenvalue weighted by Gasteiger charge is 2.28. The van der Waals surface area contributed by atoms with E-state index in [2.05, 4.69) is 5.10 Å². The van der Waals surface area contributed by atoms with Crippen molar-refractivity contribution >= 4 is 44.2 Å². The van der Waals surface area contributed by atoms with Gasteiger partial charge in [0.15, 0.2) is 5.13 Å². The molecule has 136 valence electrons. The monoisotopic (exact) mass is 390 g/mol. The average molecular weight is 391 g/mol. The molecule has 0 aliphatic carbocycles. The highest BCUT2D eigenvalue weighted by atomic mass is 35.5. The lowest BCUT2D eigenvalue weighted by Crippen LogP contribution is -2.38. The molecule has 0 radical (unpaired) electrons. The molecule has 0 N–H and O–H groups in total. The fourth-order valence-electron chi connectivity index (χ4n) is 3.17. The van der Waals surface area contributed by atoms with E-state index in [-0.39, 0.29) is 12.0 Å². The predicted molar refractivity (Wildman–Crippen MR) is 103 cm³/mol. The number of benzene rings is 1. The van der Waals surface area contributed by atoms with Crippen molar-refractivity contribution in [1.29, 1.82) is 0 Å². The fraction of sp³-hybridized carbons (Fsp3) is 0.389. The predicted octanol–water partition coefficient (Wildman–Crippen LogP) is 3.82. The second-order valence-electron chi connectivity index (χ2n) is 6.43. The maximum absolute atomic E-state index is 13.2. The number of nitrogens with zero attached hydrogens (tertiary/aromatic N) is 4. The van der Waals surface area contributed by atoms with Crippen LogP contribution in [0.2, 0.25) is 5.02 Å². The van der Waals surface area contributed by atoms with E-state index in [0.29, 0.717) is 22.4 Å². The number of halogens is 1. The van der Waals surface area contributed by atoms with Gasteiger partial charge in [-0.3, -0.25) is 14.4 Å². The Bertz CT molecular complexity index is 922. The Kier molecular flexibility index (Phi) is 4.69. The summed E-state index contributed by atoms with van der Waals surface area (Å²) in [6.07, 6.45) is 3.61. The number of anilines is 1. The Labute approximate surface area is 160 Å². The minimum Gasteiger partial charge on any atom is -0.376 e. The molecule has 4 rings (SSSR count).